The lowest BCUT2D eigenvalue weighted by Crippen LogP contribution is -2.36. The molecule has 0 radical (unpaired) electrons. The zero-order chi connectivity index (χ0) is 23.9. The highest BCUT2D eigenvalue weighted by molar-refractivity contribution is 7.16. The standard InChI is InChI=1S/C26H26N4O3S/c1-18(20-5-3-2-4-6-20)15-24(31)29-25-22(16-27)21-9-13-30(17-23(21)34-25)26(32)33-14-10-19-7-11-28-12-8-19/h2-8,11-12,18H,9-10,13-15,17H2,1H3,(H,29,31)/t18-/m0/s1. The molecule has 2 aromatic heterocycles. The molecule has 0 unspecified atom stereocenters. The maximum atomic E-state index is 12.7. The van der Waals surface area contributed by atoms with Crippen molar-refractivity contribution in [3.63, 3.8) is 0 Å². The van der Waals surface area contributed by atoms with E-state index in [2.05, 4.69) is 16.4 Å². The van der Waals surface area contributed by atoms with Crippen molar-refractivity contribution in [2.75, 3.05) is 18.5 Å². The summed E-state index contributed by atoms with van der Waals surface area (Å²) in [5.41, 5.74) is 3.58. The van der Waals surface area contributed by atoms with Gasteiger partial charge >= 0.3 is 6.09 Å². The Balaban J connectivity index is 1.35. The fraction of sp³-hybridized carbons (Fsp3) is 0.308. The maximum Gasteiger partial charge on any atom is 0.410 e. The van der Waals surface area contributed by atoms with Crippen LogP contribution in [0.15, 0.2) is 54.9 Å². The first kappa shape index (κ1) is 23.5. The number of anilines is 1. The molecule has 0 bridgehead atoms. The molecule has 8 heteroatoms. The molecule has 1 atom stereocenters. The molecule has 3 aromatic rings. The van der Waals surface area contributed by atoms with Gasteiger partial charge in [-0.05, 0) is 41.2 Å². The van der Waals surface area contributed by atoms with Crippen LogP contribution in [0.4, 0.5) is 9.80 Å². The highest BCUT2D eigenvalue weighted by Gasteiger charge is 2.28. The predicted octanol–water partition coefficient (Wildman–Crippen LogP) is 4.88. The predicted molar refractivity (Wildman–Crippen MR) is 131 cm³/mol. The van der Waals surface area contributed by atoms with Crippen LogP contribution in [0.3, 0.4) is 0 Å². The van der Waals surface area contributed by atoms with Crippen molar-refractivity contribution in [3.05, 3.63) is 82.0 Å². The Kier molecular flexibility index (Phi) is 7.55. The van der Waals surface area contributed by atoms with Gasteiger partial charge in [-0.15, -0.1) is 11.3 Å². The summed E-state index contributed by atoms with van der Waals surface area (Å²) in [5, 5.41) is 13.2. The molecule has 1 aromatic carbocycles. The zero-order valence-electron chi connectivity index (χ0n) is 19.0. The van der Waals surface area contributed by atoms with Crippen LogP contribution < -0.4 is 5.32 Å². The summed E-state index contributed by atoms with van der Waals surface area (Å²) in [5.74, 6) is -0.0578. The molecule has 0 saturated carbocycles. The minimum absolute atomic E-state index is 0.0683. The van der Waals surface area contributed by atoms with Crippen molar-refractivity contribution in [1.29, 1.82) is 5.26 Å². The Bertz CT molecular complexity index is 1190. The van der Waals surface area contributed by atoms with Gasteiger partial charge in [0.2, 0.25) is 5.91 Å². The van der Waals surface area contributed by atoms with Crippen molar-refractivity contribution in [3.8, 4) is 6.07 Å². The quantitative estimate of drug-likeness (QED) is 0.526. The zero-order valence-corrected chi connectivity index (χ0v) is 19.8. The number of nitriles is 1. The Morgan fingerprint density at radius 3 is 2.74 bits per heavy atom. The summed E-state index contributed by atoms with van der Waals surface area (Å²) in [6.07, 6.45) is 4.58. The van der Waals surface area contributed by atoms with E-state index in [-0.39, 0.29) is 17.9 Å². The number of hydrogen-bond acceptors (Lipinski definition) is 6. The summed E-state index contributed by atoms with van der Waals surface area (Å²) < 4.78 is 5.45. The molecule has 2 amide bonds. The number of carbonyl (C=O) groups excluding carboxylic acids is 2. The fourth-order valence-electron chi connectivity index (χ4n) is 4.02. The van der Waals surface area contributed by atoms with Crippen LogP contribution in [0.1, 0.15) is 46.4 Å². The molecule has 0 fully saturated rings. The molecular weight excluding hydrogens is 448 g/mol. The van der Waals surface area contributed by atoms with Gasteiger partial charge in [-0.1, -0.05) is 37.3 Å². The van der Waals surface area contributed by atoms with Crippen LogP contribution in [0.2, 0.25) is 0 Å². The minimum atomic E-state index is -0.367. The number of ether oxygens (including phenoxy) is 1. The maximum absolute atomic E-state index is 12.7. The Labute approximate surface area is 203 Å². The number of hydrogen-bond donors (Lipinski definition) is 1. The Morgan fingerprint density at radius 2 is 2.00 bits per heavy atom. The molecule has 4 rings (SSSR count). The van der Waals surface area contributed by atoms with E-state index in [9.17, 15) is 14.9 Å². The lowest BCUT2D eigenvalue weighted by molar-refractivity contribution is -0.116. The average Bonchev–Trinajstić information content (AvgIpc) is 3.20. The van der Waals surface area contributed by atoms with Crippen molar-refractivity contribution in [2.24, 2.45) is 0 Å². The molecule has 0 spiro atoms. The van der Waals surface area contributed by atoms with Gasteiger partial charge < -0.3 is 15.0 Å². The van der Waals surface area contributed by atoms with Gasteiger partial charge in [-0.3, -0.25) is 9.78 Å². The van der Waals surface area contributed by atoms with Gasteiger partial charge in [0, 0.05) is 36.7 Å². The molecular formula is C26H26N4O3S. The first-order valence-electron chi connectivity index (χ1n) is 11.2. The van der Waals surface area contributed by atoms with Crippen molar-refractivity contribution in [2.45, 2.75) is 38.6 Å². The number of benzene rings is 1. The second-order valence-corrected chi connectivity index (χ2v) is 9.38. The normalized spacial score (nSPS) is 13.5. The third-order valence-electron chi connectivity index (χ3n) is 5.91. The summed E-state index contributed by atoms with van der Waals surface area (Å²) in [4.78, 5) is 31.8. The minimum Gasteiger partial charge on any atom is -0.449 e. The number of amides is 2. The van der Waals surface area contributed by atoms with E-state index in [0.29, 0.717) is 49.5 Å². The van der Waals surface area contributed by atoms with Crippen LogP contribution in [0.5, 0.6) is 0 Å². The Morgan fingerprint density at radius 1 is 1.24 bits per heavy atom. The van der Waals surface area contributed by atoms with Crippen LogP contribution >= 0.6 is 11.3 Å². The van der Waals surface area contributed by atoms with E-state index < -0.39 is 0 Å². The van der Waals surface area contributed by atoms with Gasteiger partial charge in [0.25, 0.3) is 0 Å². The number of carbonyl (C=O) groups is 2. The summed E-state index contributed by atoms with van der Waals surface area (Å²) in [6.45, 7) is 3.16. The number of rotatable bonds is 7. The molecule has 7 nitrogen and oxygen atoms in total. The molecule has 1 aliphatic rings. The van der Waals surface area contributed by atoms with Gasteiger partial charge in [-0.25, -0.2) is 4.79 Å². The van der Waals surface area contributed by atoms with Crippen molar-refractivity contribution >= 4 is 28.3 Å². The van der Waals surface area contributed by atoms with E-state index in [0.717, 1.165) is 21.6 Å². The summed E-state index contributed by atoms with van der Waals surface area (Å²) in [6, 6.07) is 15.9. The third-order valence-corrected chi connectivity index (χ3v) is 7.04. The molecule has 174 valence electrons. The lowest BCUT2D eigenvalue weighted by atomic mass is 9.97. The smallest absolute Gasteiger partial charge is 0.410 e. The topological polar surface area (TPSA) is 95.3 Å². The van der Waals surface area contributed by atoms with E-state index in [4.69, 9.17) is 4.74 Å². The highest BCUT2D eigenvalue weighted by atomic mass is 32.1. The van der Waals surface area contributed by atoms with Crippen molar-refractivity contribution in [1.82, 2.24) is 9.88 Å². The second-order valence-electron chi connectivity index (χ2n) is 8.28. The monoisotopic (exact) mass is 474 g/mol. The summed E-state index contributed by atoms with van der Waals surface area (Å²) in [7, 11) is 0. The number of nitrogens with zero attached hydrogens (tertiary/aromatic N) is 3. The first-order valence-corrected chi connectivity index (χ1v) is 12.1. The lowest BCUT2D eigenvalue weighted by Gasteiger charge is -2.26. The van der Waals surface area contributed by atoms with E-state index in [1.165, 1.54) is 11.3 Å². The van der Waals surface area contributed by atoms with Crippen LogP contribution in [-0.2, 0) is 28.9 Å². The van der Waals surface area contributed by atoms with Crippen molar-refractivity contribution < 1.29 is 14.3 Å². The largest absolute Gasteiger partial charge is 0.449 e. The van der Waals surface area contributed by atoms with Gasteiger partial charge in [0.15, 0.2) is 0 Å². The number of fused-ring (bicyclic) bond motifs is 1. The number of thiophene rings is 1. The van der Waals surface area contributed by atoms with Gasteiger partial charge in [0.05, 0.1) is 18.7 Å². The molecule has 1 aliphatic heterocycles. The van der Waals surface area contributed by atoms with Crippen LogP contribution in [-0.4, -0.2) is 35.0 Å². The molecule has 3 heterocycles. The molecule has 34 heavy (non-hydrogen) atoms. The number of pyridine rings is 1. The molecule has 0 aliphatic carbocycles. The molecule has 1 N–H and O–H groups in total. The average molecular weight is 475 g/mol. The number of nitrogens with one attached hydrogen (secondary N) is 1. The Hall–Kier alpha value is -3.70. The van der Waals surface area contributed by atoms with Gasteiger partial charge in [-0.2, -0.15) is 5.26 Å². The van der Waals surface area contributed by atoms with E-state index in [1.54, 1.807) is 17.3 Å². The fourth-order valence-corrected chi connectivity index (χ4v) is 5.25. The number of aromatic nitrogens is 1. The van der Waals surface area contributed by atoms with Crippen LogP contribution in [0.25, 0.3) is 0 Å². The van der Waals surface area contributed by atoms with Crippen LogP contribution in [0, 0.1) is 11.3 Å². The van der Waals surface area contributed by atoms with E-state index in [1.807, 2.05) is 49.4 Å². The third kappa shape index (κ3) is 5.61. The SMILES string of the molecule is C[C@@H](CC(=O)Nc1sc2c(c1C#N)CCN(C(=O)OCCc1ccncc1)C2)c1ccccc1. The first-order chi connectivity index (χ1) is 16.5. The van der Waals surface area contributed by atoms with E-state index >= 15 is 0 Å². The second kappa shape index (κ2) is 10.9. The highest BCUT2D eigenvalue weighted by Crippen LogP contribution is 2.37. The summed E-state index contributed by atoms with van der Waals surface area (Å²) >= 11 is 1.37. The van der Waals surface area contributed by atoms with Gasteiger partial charge in [0.1, 0.15) is 11.1 Å². The molecule has 0 saturated heterocycles.